The number of carbonyl (C=O) groups is 1. The number of hydrogen-bond donors (Lipinski definition) is 0. The molecule has 0 N–H and O–H groups in total. The molecule has 0 aliphatic rings. The molecule has 0 atom stereocenters. The third-order valence-electron chi connectivity index (χ3n) is 3.41. The number of methoxy groups -OCH3 is 3. The molecule has 0 aliphatic heterocycles. The Labute approximate surface area is 158 Å². The van der Waals surface area contributed by atoms with Crippen LogP contribution in [0, 0.1) is 0 Å². The highest BCUT2D eigenvalue weighted by molar-refractivity contribution is 6.60. The van der Waals surface area contributed by atoms with E-state index >= 15 is 0 Å². The lowest BCUT2D eigenvalue weighted by Crippen LogP contribution is -2.49. The molecule has 0 fully saturated rings. The zero-order valence-corrected chi connectivity index (χ0v) is 17.7. The fourth-order valence-corrected chi connectivity index (χ4v) is 4.78. The second kappa shape index (κ2) is 14.3. The lowest BCUT2D eigenvalue weighted by Gasteiger charge is -2.33. The SMILES string of the molecule is C=CC(=O)OC(C)(C)CC[Si](OCCOC)(OCCOC)OCCOC. The van der Waals surface area contributed by atoms with Crippen LogP contribution in [0.25, 0.3) is 0 Å². The van der Waals surface area contributed by atoms with Crippen LogP contribution in [0.3, 0.4) is 0 Å². The average Bonchev–Trinajstić information content (AvgIpc) is 2.60. The van der Waals surface area contributed by atoms with Crippen LogP contribution >= 0.6 is 0 Å². The Morgan fingerprint density at radius 3 is 1.65 bits per heavy atom. The molecule has 154 valence electrons. The largest absolute Gasteiger partial charge is 0.501 e. The average molecular weight is 395 g/mol. The van der Waals surface area contributed by atoms with Crippen molar-refractivity contribution < 1.29 is 37.0 Å². The molecule has 0 aliphatic carbocycles. The second-order valence-corrected chi connectivity index (χ2v) is 8.82. The van der Waals surface area contributed by atoms with Gasteiger partial charge in [-0.2, -0.15) is 0 Å². The van der Waals surface area contributed by atoms with E-state index in [1.165, 1.54) is 0 Å². The summed E-state index contributed by atoms with van der Waals surface area (Å²) in [6, 6.07) is 0.474. The first-order valence-corrected chi connectivity index (χ1v) is 10.5. The first kappa shape index (κ1) is 25.2. The van der Waals surface area contributed by atoms with E-state index in [0.29, 0.717) is 52.1 Å². The van der Waals surface area contributed by atoms with E-state index in [1.807, 2.05) is 13.8 Å². The van der Waals surface area contributed by atoms with Crippen LogP contribution in [0.2, 0.25) is 6.04 Å². The van der Waals surface area contributed by atoms with Gasteiger partial charge in [-0.15, -0.1) is 0 Å². The van der Waals surface area contributed by atoms with Crippen molar-refractivity contribution in [3.05, 3.63) is 12.7 Å². The molecule has 0 amide bonds. The highest BCUT2D eigenvalue weighted by atomic mass is 28.4. The molecule has 0 radical (unpaired) electrons. The molecule has 0 aromatic heterocycles. The molecule has 0 aromatic carbocycles. The maximum absolute atomic E-state index is 11.5. The van der Waals surface area contributed by atoms with Crippen molar-refractivity contribution in [1.29, 1.82) is 0 Å². The summed E-state index contributed by atoms with van der Waals surface area (Å²) in [6.45, 7) is 9.37. The smallest absolute Gasteiger partial charge is 0.457 e. The van der Waals surface area contributed by atoms with Crippen LogP contribution in [0.4, 0.5) is 0 Å². The van der Waals surface area contributed by atoms with Crippen LogP contribution in [-0.4, -0.2) is 81.3 Å². The molecule has 8 nitrogen and oxygen atoms in total. The van der Waals surface area contributed by atoms with Gasteiger partial charge in [-0.25, -0.2) is 4.79 Å². The Kier molecular flexibility index (Phi) is 13.8. The maximum Gasteiger partial charge on any atom is 0.501 e. The molecule has 0 heterocycles. The van der Waals surface area contributed by atoms with E-state index in [2.05, 4.69) is 6.58 Å². The second-order valence-electron chi connectivity index (χ2n) is 6.09. The predicted molar refractivity (Wildman–Crippen MR) is 99.0 cm³/mol. The zero-order chi connectivity index (χ0) is 19.9. The maximum atomic E-state index is 11.5. The number of hydrogen-bond acceptors (Lipinski definition) is 8. The van der Waals surface area contributed by atoms with Gasteiger partial charge in [-0.3, -0.25) is 0 Å². The number of ether oxygens (including phenoxy) is 4. The quantitative estimate of drug-likeness (QED) is 0.160. The summed E-state index contributed by atoms with van der Waals surface area (Å²) in [5, 5.41) is 0. The molecular formula is C17H34O8Si. The number of carbonyl (C=O) groups excluding carboxylic acids is 1. The Bertz CT molecular complexity index is 362. The highest BCUT2D eigenvalue weighted by Crippen LogP contribution is 2.26. The van der Waals surface area contributed by atoms with Crippen molar-refractivity contribution >= 4 is 14.8 Å². The molecule has 0 aromatic rings. The van der Waals surface area contributed by atoms with Crippen molar-refractivity contribution in [3.8, 4) is 0 Å². The summed E-state index contributed by atoms with van der Waals surface area (Å²) in [7, 11) is 1.76. The standard InChI is InChI=1S/C17H34O8Si/c1-7-16(18)25-17(2,3)8-15-26(22-12-9-19-4,23-13-10-20-5)24-14-11-21-6/h7H,1,8-15H2,2-6H3. The summed E-state index contributed by atoms with van der Waals surface area (Å²) in [5.41, 5.74) is -0.705. The molecule has 0 spiro atoms. The Morgan fingerprint density at radius 2 is 1.31 bits per heavy atom. The summed E-state index contributed by atoms with van der Waals surface area (Å²) >= 11 is 0. The fraction of sp³-hybridized carbons (Fsp3) is 0.824. The minimum absolute atomic E-state index is 0.343. The van der Waals surface area contributed by atoms with E-state index in [-0.39, 0.29) is 0 Å². The molecule has 0 rings (SSSR count). The van der Waals surface area contributed by atoms with E-state index in [4.69, 9.17) is 32.2 Å². The molecule has 0 saturated heterocycles. The van der Waals surface area contributed by atoms with E-state index in [1.54, 1.807) is 21.3 Å². The Morgan fingerprint density at radius 1 is 0.885 bits per heavy atom. The third kappa shape index (κ3) is 11.7. The highest BCUT2D eigenvalue weighted by Gasteiger charge is 2.43. The number of esters is 1. The molecular weight excluding hydrogens is 360 g/mol. The van der Waals surface area contributed by atoms with Gasteiger partial charge in [0, 0.05) is 33.4 Å². The van der Waals surface area contributed by atoms with E-state index in [0.717, 1.165) is 6.08 Å². The lowest BCUT2D eigenvalue weighted by atomic mass is 10.1. The van der Waals surface area contributed by atoms with Crippen LogP contribution in [-0.2, 0) is 37.0 Å². The summed E-state index contributed by atoms with van der Waals surface area (Å²) in [5.74, 6) is -0.469. The van der Waals surface area contributed by atoms with Crippen LogP contribution in [0.15, 0.2) is 12.7 Å². The van der Waals surface area contributed by atoms with Crippen molar-refractivity contribution in [2.24, 2.45) is 0 Å². The Balaban J connectivity index is 5.05. The topological polar surface area (TPSA) is 81.7 Å². The molecule has 9 heteroatoms. The van der Waals surface area contributed by atoms with Gasteiger partial charge < -0.3 is 32.2 Å². The minimum Gasteiger partial charge on any atom is -0.457 e. The predicted octanol–water partition coefficient (Wildman–Crippen LogP) is 1.81. The van der Waals surface area contributed by atoms with Gasteiger partial charge in [-0.1, -0.05) is 6.58 Å². The summed E-state index contributed by atoms with van der Waals surface area (Å²) < 4.78 is 38.5. The molecule has 0 saturated carbocycles. The van der Waals surface area contributed by atoms with Crippen molar-refractivity contribution in [3.63, 3.8) is 0 Å². The third-order valence-corrected chi connectivity index (χ3v) is 6.20. The van der Waals surface area contributed by atoms with Gasteiger partial charge in [0.25, 0.3) is 0 Å². The zero-order valence-electron chi connectivity index (χ0n) is 16.7. The van der Waals surface area contributed by atoms with Gasteiger partial charge in [0.05, 0.1) is 39.6 Å². The molecule has 0 bridgehead atoms. The minimum atomic E-state index is -3.04. The lowest BCUT2D eigenvalue weighted by molar-refractivity contribution is -0.150. The van der Waals surface area contributed by atoms with Gasteiger partial charge in [-0.05, 0) is 20.3 Å². The molecule has 26 heavy (non-hydrogen) atoms. The number of rotatable bonds is 17. The van der Waals surface area contributed by atoms with Crippen LogP contribution in [0.1, 0.15) is 20.3 Å². The van der Waals surface area contributed by atoms with Gasteiger partial charge in [0.2, 0.25) is 0 Å². The van der Waals surface area contributed by atoms with Crippen molar-refractivity contribution in [1.82, 2.24) is 0 Å². The van der Waals surface area contributed by atoms with Gasteiger partial charge >= 0.3 is 14.8 Å². The summed E-state index contributed by atoms with van der Waals surface area (Å²) in [6.07, 6.45) is 1.65. The first-order chi connectivity index (χ1) is 12.3. The van der Waals surface area contributed by atoms with Crippen molar-refractivity contribution in [2.45, 2.75) is 31.9 Å². The van der Waals surface area contributed by atoms with Crippen LogP contribution < -0.4 is 0 Å². The summed E-state index contributed by atoms with van der Waals surface area (Å²) in [4.78, 5) is 11.5. The van der Waals surface area contributed by atoms with Crippen molar-refractivity contribution in [2.75, 3.05) is 61.0 Å². The molecule has 0 unspecified atom stereocenters. The van der Waals surface area contributed by atoms with Gasteiger partial charge in [0.1, 0.15) is 5.60 Å². The fourth-order valence-electron chi connectivity index (χ4n) is 2.00. The normalized spacial score (nSPS) is 12.2. The van der Waals surface area contributed by atoms with Gasteiger partial charge in [0.15, 0.2) is 0 Å². The monoisotopic (exact) mass is 394 g/mol. The van der Waals surface area contributed by atoms with E-state index < -0.39 is 20.4 Å². The first-order valence-electron chi connectivity index (χ1n) is 8.59. The van der Waals surface area contributed by atoms with Crippen LogP contribution in [0.5, 0.6) is 0 Å². The Hall–Kier alpha value is -0.813. The van der Waals surface area contributed by atoms with E-state index in [9.17, 15) is 4.79 Å².